The van der Waals surface area contributed by atoms with Crippen molar-refractivity contribution in [3.05, 3.63) is 40.3 Å². The summed E-state index contributed by atoms with van der Waals surface area (Å²) >= 11 is 0. The lowest BCUT2D eigenvalue weighted by Gasteiger charge is -2.18. The molecule has 0 aliphatic rings. The minimum atomic E-state index is -0.637. The van der Waals surface area contributed by atoms with Gasteiger partial charge in [0.25, 0.3) is 11.5 Å². The van der Waals surface area contributed by atoms with E-state index in [2.05, 4.69) is 22.9 Å². The molecule has 1 heterocycles. The van der Waals surface area contributed by atoms with Gasteiger partial charge in [-0.1, -0.05) is 58.7 Å². The average Bonchev–Trinajstić information content (AvgIpc) is 2.60. The van der Waals surface area contributed by atoms with Crippen molar-refractivity contribution in [2.24, 2.45) is 5.41 Å². The predicted molar refractivity (Wildman–Crippen MR) is 101 cm³/mol. The van der Waals surface area contributed by atoms with Crippen molar-refractivity contribution in [2.75, 3.05) is 0 Å². The largest absolute Gasteiger partial charge is 0.290 e. The highest BCUT2D eigenvalue weighted by molar-refractivity contribution is 6.05. The molecule has 1 aromatic carbocycles. The van der Waals surface area contributed by atoms with Gasteiger partial charge < -0.3 is 0 Å². The second-order valence-corrected chi connectivity index (χ2v) is 7.29. The summed E-state index contributed by atoms with van der Waals surface area (Å²) in [6.45, 7) is 7.77. The number of nitrogens with one attached hydrogen (secondary N) is 2. The van der Waals surface area contributed by atoms with Crippen molar-refractivity contribution < 1.29 is 9.59 Å². The Balaban J connectivity index is 2.35. The molecule has 0 saturated carbocycles. The fourth-order valence-corrected chi connectivity index (χ4v) is 2.43. The van der Waals surface area contributed by atoms with Crippen LogP contribution in [0.5, 0.6) is 0 Å². The topological polar surface area (TPSA) is 93.1 Å². The first-order valence-corrected chi connectivity index (χ1v) is 8.86. The Labute approximate surface area is 152 Å². The van der Waals surface area contributed by atoms with E-state index in [1.807, 2.05) is 0 Å². The lowest BCUT2D eigenvalue weighted by molar-refractivity contribution is -0.129. The Bertz CT molecular complexity index is 865. The Morgan fingerprint density at radius 1 is 1.08 bits per heavy atom. The van der Waals surface area contributed by atoms with E-state index >= 15 is 0 Å². The molecule has 2 amide bonds. The zero-order chi connectivity index (χ0) is 19.3. The molecule has 2 N–H and O–H groups in total. The summed E-state index contributed by atoms with van der Waals surface area (Å²) in [4.78, 5) is 37.1. The standard InChI is InChI=1S/C19H26N4O3/c1-5-6-9-12-23-17(25)14-11-8-7-10-13(14)15(22-23)16(24)20-21-18(26)19(2,3)4/h7-8,10-11H,5-6,9,12H2,1-4H3,(H,20,24)(H,21,26). The molecule has 0 aliphatic carbocycles. The molecule has 0 unspecified atom stereocenters. The minimum absolute atomic E-state index is 0.117. The van der Waals surface area contributed by atoms with Crippen LogP contribution in [0, 0.1) is 5.41 Å². The van der Waals surface area contributed by atoms with E-state index in [4.69, 9.17) is 0 Å². The summed E-state index contributed by atoms with van der Waals surface area (Å²) < 4.78 is 1.33. The van der Waals surface area contributed by atoms with Crippen LogP contribution in [0.2, 0.25) is 0 Å². The summed E-state index contributed by atoms with van der Waals surface area (Å²) in [5.74, 6) is -0.866. The summed E-state index contributed by atoms with van der Waals surface area (Å²) in [6, 6.07) is 6.86. The molecule has 0 spiro atoms. The van der Waals surface area contributed by atoms with Gasteiger partial charge >= 0.3 is 0 Å². The first-order chi connectivity index (χ1) is 12.3. The van der Waals surface area contributed by atoms with Gasteiger partial charge in [0.2, 0.25) is 5.91 Å². The number of nitrogens with zero attached hydrogens (tertiary/aromatic N) is 2. The van der Waals surface area contributed by atoms with E-state index in [0.29, 0.717) is 17.3 Å². The van der Waals surface area contributed by atoms with E-state index in [-0.39, 0.29) is 17.2 Å². The molecule has 0 atom stereocenters. The molecule has 0 fully saturated rings. The Morgan fingerprint density at radius 3 is 2.35 bits per heavy atom. The monoisotopic (exact) mass is 358 g/mol. The van der Waals surface area contributed by atoms with Crippen molar-refractivity contribution in [3.63, 3.8) is 0 Å². The van der Waals surface area contributed by atoms with E-state index in [9.17, 15) is 14.4 Å². The van der Waals surface area contributed by atoms with Crippen LogP contribution >= 0.6 is 0 Å². The maximum Gasteiger partial charge on any atom is 0.290 e. The molecule has 0 bridgehead atoms. The third-order valence-corrected chi connectivity index (χ3v) is 4.03. The molecule has 2 rings (SSSR count). The van der Waals surface area contributed by atoms with Gasteiger partial charge in [-0.25, -0.2) is 4.68 Å². The molecule has 7 heteroatoms. The summed E-state index contributed by atoms with van der Waals surface area (Å²) in [6.07, 6.45) is 2.81. The van der Waals surface area contributed by atoms with Crippen molar-refractivity contribution in [3.8, 4) is 0 Å². The number of aromatic nitrogens is 2. The number of fused-ring (bicyclic) bond motifs is 1. The predicted octanol–water partition coefficient (Wildman–Crippen LogP) is 2.39. The first kappa shape index (κ1) is 19.6. The second-order valence-electron chi connectivity index (χ2n) is 7.29. The molecule has 0 saturated heterocycles. The number of hydrazine groups is 1. The number of amides is 2. The molecule has 1 aromatic heterocycles. The molecular weight excluding hydrogens is 332 g/mol. The highest BCUT2D eigenvalue weighted by Crippen LogP contribution is 2.14. The van der Waals surface area contributed by atoms with Gasteiger partial charge in [-0.05, 0) is 12.5 Å². The van der Waals surface area contributed by atoms with Gasteiger partial charge in [-0.15, -0.1) is 0 Å². The number of unbranched alkanes of at least 4 members (excludes halogenated alkanes) is 2. The lowest BCUT2D eigenvalue weighted by Crippen LogP contribution is -2.47. The quantitative estimate of drug-likeness (QED) is 0.634. The maximum atomic E-state index is 12.6. The van der Waals surface area contributed by atoms with Crippen LogP contribution in [0.25, 0.3) is 10.8 Å². The maximum absolute atomic E-state index is 12.6. The van der Waals surface area contributed by atoms with Crippen LogP contribution < -0.4 is 16.4 Å². The van der Waals surface area contributed by atoms with Gasteiger partial charge in [-0.2, -0.15) is 5.10 Å². The van der Waals surface area contributed by atoms with E-state index in [1.54, 1.807) is 45.0 Å². The number of carbonyl (C=O) groups excluding carboxylic acids is 2. The van der Waals surface area contributed by atoms with Crippen LogP contribution in [-0.4, -0.2) is 21.6 Å². The Hall–Kier alpha value is -2.70. The highest BCUT2D eigenvalue weighted by Gasteiger charge is 2.23. The molecule has 2 aromatic rings. The number of aryl methyl sites for hydroxylation is 1. The molecule has 26 heavy (non-hydrogen) atoms. The van der Waals surface area contributed by atoms with Crippen molar-refractivity contribution in [1.82, 2.24) is 20.6 Å². The fraction of sp³-hybridized carbons (Fsp3) is 0.474. The zero-order valence-electron chi connectivity index (χ0n) is 15.8. The zero-order valence-corrected chi connectivity index (χ0v) is 15.8. The van der Waals surface area contributed by atoms with Gasteiger partial charge in [0, 0.05) is 17.3 Å². The Kier molecular flexibility index (Phi) is 6.13. The SMILES string of the molecule is CCCCCn1nc(C(=O)NNC(=O)C(C)(C)C)c2ccccc2c1=O. The van der Waals surface area contributed by atoms with Crippen molar-refractivity contribution in [1.29, 1.82) is 0 Å². The normalized spacial score (nSPS) is 11.4. The van der Waals surface area contributed by atoms with E-state index in [0.717, 1.165) is 19.3 Å². The summed E-state index contributed by atoms with van der Waals surface area (Å²) in [5, 5.41) is 5.15. The Morgan fingerprint density at radius 2 is 1.73 bits per heavy atom. The third kappa shape index (κ3) is 4.47. The van der Waals surface area contributed by atoms with E-state index < -0.39 is 11.3 Å². The first-order valence-electron chi connectivity index (χ1n) is 8.86. The highest BCUT2D eigenvalue weighted by atomic mass is 16.2. The molecule has 0 radical (unpaired) electrons. The van der Waals surface area contributed by atoms with Crippen LogP contribution in [0.1, 0.15) is 57.4 Å². The number of hydrogen-bond donors (Lipinski definition) is 2. The van der Waals surface area contributed by atoms with Gasteiger partial charge in [-0.3, -0.25) is 25.2 Å². The number of hydrogen-bond acceptors (Lipinski definition) is 4. The molecule has 7 nitrogen and oxygen atoms in total. The smallest absolute Gasteiger partial charge is 0.273 e. The van der Waals surface area contributed by atoms with Crippen LogP contribution in [0.4, 0.5) is 0 Å². The number of benzene rings is 1. The van der Waals surface area contributed by atoms with Gasteiger partial charge in [0.1, 0.15) is 0 Å². The third-order valence-electron chi connectivity index (χ3n) is 4.03. The van der Waals surface area contributed by atoms with Crippen LogP contribution in [0.15, 0.2) is 29.1 Å². The second kappa shape index (κ2) is 8.12. The van der Waals surface area contributed by atoms with Crippen LogP contribution in [-0.2, 0) is 11.3 Å². The van der Waals surface area contributed by atoms with Crippen molar-refractivity contribution >= 4 is 22.6 Å². The van der Waals surface area contributed by atoms with Crippen LogP contribution in [0.3, 0.4) is 0 Å². The number of carbonyl (C=O) groups is 2. The molecular formula is C19H26N4O3. The fourth-order valence-electron chi connectivity index (χ4n) is 2.43. The van der Waals surface area contributed by atoms with Crippen molar-refractivity contribution in [2.45, 2.75) is 53.5 Å². The minimum Gasteiger partial charge on any atom is -0.273 e. The summed E-state index contributed by atoms with van der Waals surface area (Å²) in [5.41, 5.74) is 4.06. The molecule has 140 valence electrons. The number of rotatable bonds is 5. The van der Waals surface area contributed by atoms with Gasteiger partial charge in [0.05, 0.1) is 5.39 Å². The van der Waals surface area contributed by atoms with E-state index in [1.165, 1.54) is 4.68 Å². The molecule has 0 aliphatic heterocycles. The van der Waals surface area contributed by atoms with Gasteiger partial charge in [0.15, 0.2) is 5.69 Å². The summed E-state index contributed by atoms with van der Waals surface area (Å²) in [7, 11) is 0. The lowest BCUT2D eigenvalue weighted by atomic mass is 9.96. The average molecular weight is 358 g/mol.